The van der Waals surface area contributed by atoms with Crippen LogP contribution in [-0.2, 0) is 28.5 Å². The topological polar surface area (TPSA) is 354 Å². The Labute approximate surface area is 379 Å². The van der Waals surface area contributed by atoms with Crippen molar-refractivity contribution in [2.45, 2.75) is 99.0 Å². The van der Waals surface area contributed by atoms with Crippen molar-refractivity contribution in [3.05, 3.63) is 66.2 Å². The second-order valence-corrected chi connectivity index (χ2v) is 15.8. The molecule has 0 bridgehead atoms. The highest BCUT2D eigenvalue weighted by Gasteiger charge is 2.50. The molecule has 3 saturated heterocycles. The van der Waals surface area contributed by atoms with Gasteiger partial charge in [0.1, 0.15) is 83.7 Å². The molecule has 3 aromatic carbocycles. The molecule has 0 saturated carbocycles. The minimum Gasteiger partial charge on any atom is -0.508 e. The van der Waals surface area contributed by atoms with E-state index in [4.69, 9.17) is 47.0 Å². The Morgan fingerprint density at radius 2 is 1.24 bits per heavy atom. The van der Waals surface area contributed by atoms with E-state index >= 15 is 0 Å². The van der Waals surface area contributed by atoms with E-state index in [1.807, 2.05) is 0 Å². The van der Waals surface area contributed by atoms with Crippen molar-refractivity contribution in [2.75, 3.05) is 27.4 Å². The van der Waals surface area contributed by atoms with E-state index in [9.17, 15) is 66.1 Å². The summed E-state index contributed by atoms with van der Waals surface area (Å²) in [5.41, 5.74) is 0.544. The number of carbonyl (C=O) groups is 1. The summed E-state index contributed by atoms with van der Waals surface area (Å²) >= 11 is 0. The number of aliphatic hydroxyl groups is 9. The molecule has 6 unspecified atom stereocenters. The van der Waals surface area contributed by atoms with E-state index in [0.29, 0.717) is 5.56 Å². The van der Waals surface area contributed by atoms with Crippen LogP contribution in [0.5, 0.6) is 40.2 Å². The average Bonchev–Trinajstić information content (AvgIpc) is 3.31. The van der Waals surface area contributed by atoms with Crippen LogP contribution in [0, 0.1) is 0 Å². The maximum absolute atomic E-state index is 12.6. The minimum absolute atomic E-state index is 0.0227. The number of ether oxygens (including phenoxy) is 9. The lowest BCUT2D eigenvalue weighted by atomic mass is 9.98. The molecule has 4 heterocycles. The first-order valence-corrected chi connectivity index (χ1v) is 20.7. The van der Waals surface area contributed by atoms with Gasteiger partial charge in [-0.2, -0.15) is 0 Å². The van der Waals surface area contributed by atoms with Crippen molar-refractivity contribution in [3.8, 4) is 51.6 Å². The highest BCUT2D eigenvalue weighted by atomic mass is 16.7. The Balaban J connectivity index is 1.14. The lowest BCUT2D eigenvalue weighted by Gasteiger charge is -2.42. The van der Waals surface area contributed by atoms with Crippen LogP contribution in [0.4, 0.5) is 0 Å². The lowest BCUT2D eigenvalue weighted by Crippen LogP contribution is -2.62. The SMILES string of the molecule is COc1cc(-c2[o+]c3cc(O)cc(O[C@@H]4OC(CO)[C@@H](O)[C@H](O)C4O)c3cc2O[C@@H]2O[C@H](CO[C@@H]3OC(C)[C@H](OC(=O)/C=C\c4ccc(O)cc4)C(O)[C@@H]3O)[C@@H](O)C(O)C2O)cc(OC)c1O. The monoisotopic (exact) mass is 947 g/mol. The first-order valence-electron chi connectivity index (χ1n) is 20.7. The first kappa shape index (κ1) is 49.3. The van der Waals surface area contributed by atoms with Crippen molar-refractivity contribution >= 4 is 23.0 Å². The molecule has 23 nitrogen and oxygen atoms in total. The predicted molar refractivity (Wildman–Crippen MR) is 224 cm³/mol. The summed E-state index contributed by atoms with van der Waals surface area (Å²) in [4.78, 5) is 12.6. The smallest absolute Gasteiger partial charge is 0.402 e. The van der Waals surface area contributed by atoms with Gasteiger partial charge in [0.2, 0.25) is 24.1 Å². The van der Waals surface area contributed by atoms with Gasteiger partial charge in [-0.25, -0.2) is 9.21 Å². The second kappa shape index (κ2) is 20.7. The van der Waals surface area contributed by atoms with Gasteiger partial charge >= 0.3 is 17.3 Å². The number of aliphatic hydroxyl groups excluding tert-OH is 9. The van der Waals surface area contributed by atoms with Gasteiger partial charge in [0.15, 0.2) is 23.9 Å². The fourth-order valence-electron chi connectivity index (χ4n) is 7.57. The van der Waals surface area contributed by atoms with E-state index in [1.54, 1.807) is 12.1 Å². The lowest BCUT2D eigenvalue weighted by molar-refractivity contribution is -0.319. The summed E-state index contributed by atoms with van der Waals surface area (Å²) < 4.78 is 57.1. The van der Waals surface area contributed by atoms with Crippen LogP contribution in [0.1, 0.15) is 12.5 Å². The van der Waals surface area contributed by atoms with Crippen LogP contribution < -0.4 is 18.9 Å². The molecule has 7 rings (SSSR count). The number of methoxy groups -OCH3 is 2. The molecule has 3 aliphatic rings. The number of rotatable bonds is 14. The molecule has 0 radical (unpaired) electrons. The fourth-order valence-corrected chi connectivity index (χ4v) is 7.57. The summed E-state index contributed by atoms with van der Waals surface area (Å²) in [6.45, 7) is 0.00727. The zero-order valence-corrected chi connectivity index (χ0v) is 35.8. The number of hydrogen-bond donors (Lipinski definition) is 12. The maximum Gasteiger partial charge on any atom is 0.402 e. The first-order chi connectivity index (χ1) is 31.9. The largest absolute Gasteiger partial charge is 0.508 e. The second-order valence-electron chi connectivity index (χ2n) is 15.8. The summed E-state index contributed by atoms with van der Waals surface area (Å²) in [6.07, 6.45) is -22.8. The highest BCUT2D eigenvalue weighted by molar-refractivity contribution is 5.89. The van der Waals surface area contributed by atoms with Gasteiger partial charge in [-0.3, -0.25) is 0 Å². The van der Waals surface area contributed by atoms with Gasteiger partial charge < -0.3 is 104 Å². The van der Waals surface area contributed by atoms with E-state index in [0.717, 1.165) is 12.1 Å². The molecule has 15 atom stereocenters. The molecule has 1 aromatic heterocycles. The third-order valence-corrected chi connectivity index (χ3v) is 11.3. The Morgan fingerprint density at radius 1 is 0.657 bits per heavy atom. The predicted octanol–water partition coefficient (Wildman–Crippen LogP) is -1.01. The number of fused-ring (bicyclic) bond motifs is 1. The molecular formula is C44H51O23+. The van der Waals surface area contributed by atoms with Crippen LogP contribution in [0.15, 0.2) is 65.1 Å². The molecule has 23 heteroatoms. The van der Waals surface area contributed by atoms with E-state index in [-0.39, 0.29) is 56.8 Å². The molecular weight excluding hydrogens is 896 g/mol. The van der Waals surface area contributed by atoms with Gasteiger partial charge in [0, 0.05) is 30.3 Å². The molecule has 4 aromatic rings. The van der Waals surface area contributed by atoms with Gasteiger partial charge in [-0.05, 0) is 30.7 Å². The van der Waals surface area contributed by atoms with Crippen LogP contribution in [0.3, 0.4) is 0 Å². The normalized spacial score (nSPS) is 32.2. The Bertz CT molecular complexity index is 2350. The van der Waals surface area contributed by atoms with E-state index in [1.165, 1.54) is 63.6 Å². The molecule has 67 heavy (non-hydrogen) atoms. The average molecular weight is 948 g/mol. The number of aromatic hydroxyl groups is 3. The van der Waals surface area contributed by atoms with Crippen LogP contribution in [0.25, 0.3) is 28.4 Å². The summed E-state index contributed by atoms with van der Waals surface area (Å²) in [5.74, 6) is -2.64. The fraction of sp³-hybridized carbons (Fsp3) is 0.455. The molecule has 3 fully saturated rings. The third kappa shape index (κ3) is 10.4. The minimum atomic E-state index is -1.99. The van der Waals surface area contributed by atoms with Gasteiger partial charge in [0.25, 0.3) is 0 Å². The molecule has 12 N–H and O–H groups in total. The summed E-state index contributed by atoms with van der Waals surface area (Å²) in [6, 6.07) is 12.1. The van der Waals surface area contributed by atoms with Crippen LogP contribution in [0.2, 0.25) is 0 Å². The number of esters is 1. The number of hydrogen-bond acceptors (Lipinski definition) is 22. The van der Waals surface area contributed by atoms with E-state index in [2.05, 4.69) is 0 Å². The Hall–Kier alpha value is -5.64. The summed E-state index contributed by atoms with van der Waals surface area (Å²) in [5, 5.41) is 127. The standard InChI is InChI=1S/C44H50O23/c1-17-40(67-30(48)9-6-18-4-7-20(46)8-5-18)36(54)39(57)42(61-17)60-16-29-33(51)35(53)38(56)44(66-29)64-27-14-22-23(62-41(27)19-10-25(58-2)31(49)26(11-19)59-3)12-21(47)13-24(22)63-43-37(55)34(52)32(50)28(15-45)65-43/h4-14,17,28-29,32-40,42-45,50-57H,15-16H2,1-3H3,(H2-,46,47,48,49)/p+1/t17?,28?,29-,32-,33-,34+,35?,36?,37?,38?,39+,40+,42-,43-,44-/m1/s1. The Morgan fingerprint density at radius 3 is 1.85 bits per heavy atom. The zero-order chi connectivity index (χ0) is 48.4. The number of phenols is 3. The molecule has 0 amide bonds. The number of benzene rings is 3. The molecule has 364 valence electrons. The summed E-state index contributed by atoms with van der Waals surface area (Å²) in [7, 11) is 2.53. The number of carbonyl (C=O) groups excluding carboxylic acids is 1. The van der Waals surface area contributed by atoms with E-state index < -0.39 is 117 Å². The molecule has 0 aliphatic carbocycles. The van der Waals surface area contributed by atoms with Crippen LogP contribution >= 0.6 is 0 Å². The quantitative estimate of drug-likeness (QED) is 0.0409. The third-order valence-electron chi connectivity index (χ3n) is 11.3. The van der Waals surface area contributed by atoms with Crippen molar-refractivity contribution in [1.29, 1.82) is 0 Å². The van der Waals surface area contributed by atoms with Crippen LogP contribution in [-0.4, -0.2) is 187 Å². The van der Waals surface area contributed by atoms with Crippen molar-refractivity contribution < 1.29 is 113 Å². The molecule has 3 aliphatic heterocycles. The highest BCUT2D eigenvalue weighted by Crippen LogP contribution is 2.46. The molecule has 0 spiro atoms. The Kier molecular flexibility index (Phi) is 15.2. The van der Waals surface area contributed by atoms with Gasteiger partial charge in [-0.1, -0.05) is 12.1 Å². The van der Waals surface area contributed by atoms with Crippen molar-refractivity contribution in [3.63, 3.8) is 0 Å². The number of phenolic OH excluding ortho intramolecular Hbond substituents is 3. The van der Waals surface area contributed by atoms with Crippen molar-refractivity contribution in [1.82, 2.24) is 0 Å². The zero-order valence-electron chi connectivity index (χ0n) is 35.8. The maximum atomic E-state index is 12.6. The van der Waals surface area contributed by atoms with Crippen molar-refractivity contribution in [2.24, 2.45) is 0 Å². The van der Waals surface area contributed by atoms with Gasteiger partial charge in [-0.15, -0.1) is 0 Å². The van der Waals surface area contributed by atoms with Gasteiger partial charge in [0.05, 0.1) is 45.2 Å².